The summed E-state index contributed by atoms with van der Waals surface area (Å²) in [5.74, 6) is -1.17. The summed E-state index contributed by atoms with van der Waals surface area (Å²) in [6.45, 7) is 5.76. The summed E-state index contributed by atoms with van der Waals surface area (Å²) in [5, 5.41) is 5.53. The van der Waals surface area contributed by atoms with Crippen molar-refractivity contribution in [3.8, 4) is 0 Å². The van der Waals surface area contributed by atoms with Crippen LogP contribution in [0.3, 0.4) is 0 Å². The van der Waals surface area contributed by atoms with Crippen molar-refractivity contribution in [3.63, 3.8) is 0 Å². The molecule has 1 aromatic heterocycles. The molecule has 2 amide bonds. The van der Waals surface area contributed by atoms with Crippen LogP contribution in [0.15, 0.2) is 71.3 Å². The first-order chi connectivity index (χ1) is 15.3. The van der Waals surface area contributed by atoms with Crippen molar-refractivity contribution in [2.45, 2.75) is 32.8 Å². The molecule has 0 aliphatic rings. The van der Waals surface area contributed by atoms with E-state index in [-0.39, 0.29) is 23.1 Å². The Hall–Kier alpha value is -3.87. The Morgan fingerprint density at radius 1 is 1.00 bits per heavy atom. The highest BCUT2D eigenvalue weighted by Gasteiger charge is 2.20. The fourth-order valence-electron chi connectivity index (χ4n) is 3.05. The van der Waals surface area contributed by atoms with Gasteiger partial charge in [-0.25, -0.2) is 4.79 Å². The van der Waals surface area contributed by atoms with E-state index in [4.69, 9.17) is 9.15 Å². The molecule has 0 radical (unpaired) electrons. The van der Waals surface area contributed by atoms with Crippen molar-refractivity contribution in [2.24, 2.45) is 0 Å². The number of hydrogen-bond donors (Lipinski definition) is 2. The molecule has 0 aliphatic carbocycles. The Balaban J connectivity index is 1.57. The van der Waals surface area contributed by atoms with E-state index < -0.39 is 18.0 Å². The minimum Gasteiger partial charge on any atom is -0.459 e. The largest absolute Gasteiger partial charge is 0.459 e. The lowest BCUT2D eigenvalue weighted by molar-refractivity contribution is -0.129. The van der Waals surface area contributed by atoms with Gasteiger partial charge < -0.3 is 19.8 Å². The van der Waals surface area contributed by atoms with E-state index >= 15 is 0 Å². The van der Waals surface area contributed by atoms with E-state index in [1.54, 1.807) is 31.2 Å². The Bertz CT molecular complexity index is 1080. The summed E-state index contributed by atoms with van der Waals surface area (Å²) in [6.07, 6.45) is 0.440. The van der Waals surface area contributed by atoms with E-state index in [1.165, 1.54) is 19.3 Å². The third-order valence-corrected chi connectivity index (χ3v) is 5.07. The number of rotatable bonds is 8. The number of nitrogens with one attached hydrogen (secondary N) is 2. The van der Waals surface area contributed by atoms with Gasteiger partial charge in [-0.3, -0.25) is 9.59 Å². The van der Waals surface area contributed by atoms with Crippen molar-refractivity contribution in [1.29, 1.82) is 0 Å². The summed E-state index contributed by atoms with van der Waals surface area (Å²) in [6, 6.07) is 17.8. The van der Waals surface area contributed by atoms with Gasteiger partial charge in [0, 0.05) is 12.2 Å². The topological polar surface area (TPSA) is 97.6 Å². The number of anilines is 1. The molecular weight excluding hydrogens is 408 g/mol. The van der Waals surface area contributed by atoms with Crippen LogP contribution in [0.5, 0.6) is 0 Å². The molecule has 2 N–H and O–H groups in total. The molecule has 2 unspecified atom stereocenters. The van der Waals surface area contributed by atoms with Crippen molar-refractivity contribution in [1.82, 2.24) is 5.32 Å². The van der Waals surface area contributed by atoms with E-state index in [2.05, 4.69) is 10.6 Å². The Kier molecular flexibility index (Phi) is 7.44. The van der Waals surface area contributed by atoms with E-state index in [0.717, 1.165) is 11.1 Å². The predicted molar refractivity (Wildman–Crippen MR) is 121 cm³/mol. The fourth-order valence-corrected chi connectivity index (χ4v) is 3.05. The first-order valence-electron chi connectivity index (χ1n) is 10.3. The second-order valence-corrected chi connectivity index (χ2v) is 7.57. The maximum atomic E-state index is 12.6. The van der Waals surface area contributed by atoms with Crippen molar-refractivity contribution in [2.75, 3.05) is 11.9 Å². The molecule has 3 rings (SSSR count). The zero-order valence-corrected chi connectivity index (χ0v) is 18.3. The van der Waals surface area contributed by atoms with Crippen LogP contribution in [0.4, 0.5) is 5.69 Å². The number of esters is 1. The van der Waals surface area contributed by atoms with Crippen LogP contribution in [0.1, 0.15) is 51.8 Å². The molecule has 2 atom stereocenters. The molecular formula is C25H26N2O5. The maximum absolute atomic E-state index is 12.6. The molecule has 32 heavy (non-hydrogen) atoms. The van der Waals surface area contributed by atoms with Crippen LogP contribution in [-0.2, 0) is 9.53 Å². The van der Waals surface area contributed by atoms with Gasteiger partial charge in [-0.05, 0) is 55.2 Å². The van der Waals surface area contributed by atoms with Crippen LogP contribution >= 0.6 is 0 Å². The quantitative estimate of drug-likeness (QED) is 0.515. The SMILES string of the molecule is Cc1ccc(C(=O)OC(C)C(=O)NCC(C)c2ccccc2)cc1NC(=O)c1ccco1. The first kappa shape index (κ1) is 22.8. The lowest BCUT2D eigenvalue weighted by Gasteiger charge is -2.17. The minimum absolute atomic E-state index is 0.125. The Morgan fingerprint density at radius 3 is 2.44 bits per heavy atom. The molecule has 0 bridgehead atoms. The predicted octanol–water partition coefficient (Wildman–Crippen LogP) is 4.31. The molecule has 0 saturated heterocycles. The molecule has 1 heterocycles. The molecule has 166 valence electrons. The summed E-state index contributed by atoms with van der Waals surface area (Å²) in [5.41, 5.74) is 2.56. The van der Waals surface area contributed by atoms with Gasteiger partial charge in [0.2, 0.25) is 0 Å². The highest BCUT2D eigenvalue weighted by molar-refractivity contribution is 6.03. The summed E-state index contributed by atoms with van der Waals surface area (Å²) >= 11 is 0. The van der Waals surface area contributed by atoms with Gasteiger partial charge in [0.1, 0.15) is 0 Å². The molecule has 0 saturated carbocycles. The second-order valence-electron chi connectivity index (χ2n) is 7.57. The summed E-state index contributed by atoms with van der Waals surface area (Å²) in [7, 11) is 0. The van der Waals surface area contributed by atoms with Crippen molar-refractivity contribution >= 4 is 23.5 Å². The van der Waals surface area contributed by atoms with Crippen molar-refractivity contribution < 1.29 is 23.5 Å². The fraction of sp³-hybridized carbons (Fsp3) is 0.240. The molecule has 0 spiro atoms. The number of furan rings is 1. The number of ether oxygens (including phenoxy) is 1. The number of carbonyl (C=O) groups excluding carboxylic acids is 3. The van der Waals surface area contributed by atoms with Crippen LogP contribution < -0.4 is 10.6 Å². The maximum Gasteiger partial charge on any atom is 0.338 e. The average Bonchev–Trinajstić information content (AvgIpc) is 3.34. The minimum atomic E-state index is -0.965. The standard InChI is InChI=1S/C25H26N2O5/c1-16-11-12-20(14-21(16)27-24(29)22-10-7-13-31-22)25(30)32-18(3)23(28)26-15-17(2)19-8-5-4-6-9-19/h4-14,17-18H,15H2,1-3H3,(H,26,28)(H,27,29). The van der Waals surface area contributed by atoms with Gasteiger partial charge in [0.05, 0.1) is 11.8 Å². The normalized spacial score (nSPS) is 12.5. The van der Waals surface area contributed by atoms with Crippen LogP contribution in [0.2, 0.25) is 0 Å². The molecule has 7 heteroatoms. The zero-order valence-electron chi connectivity index (χ0n) is 18.3. The molecule has 2 aromatic carbocycles. The van der Waals surface area contributed by atoms with Crippen LogP contribution in [0.25, 0.3) is 0 Å². The van der Waals surface area contributed by atoms with Crippen LogP contribution in [-0.4, -0.2) is 30.4 Å². The monoisotopic (exact) mass is 434 g/mol. The number of amides is 2. The lowest BCUT2D eigenvalue weighted by Crippen LogP contribution is -2.37. The molecule has 3 aromatic rings. The smallest absolute Gasteiger partial charge is 0.338 e. The van der Waals surface area contributed by atoms with E-state index in [9.17, 15) is 14.4 Å². The van der Waals surface area contributed by atoms with Crippen LogP contribution in [0, 0.1) is 6.92 Å². The van der Waals surface area contributed by atoms with Crippen molar-refractivity contribution in [3.05, 3.63) is 89.4 Å². The highest BCUT2D eigenvalue weighted by atomic mass is 16.5. The van der Waals surface area contributed by atoms with Gasteiger partial charge >= 0.3 is 5.97 Å². The summed E-state index contributed by atoms with van der Waals surface area (Å²) in [4.78, 5) is 37.2. The average molecular weight is 434 g/mol. The van der Waals surface area contributed by atoms with Gasteiger partial charge in [-0.15, -0.1) is 0 Å². The number of hydrogen-bond acceptors (Lipinski definition) is 5. The highest BCUT2D eigenvalue weighted by Crippen LogP contribution is 2.19. The Labute approximate surface area is 186 Å². The molecule has 0 fully saturated rings. The van der Waals surface area contributed by atoms with Gasteiger partial charge in [-0.2, -0.15) is 0 Å². The van der Waals surface area contributed by atoms with E-state index in [0.29, 0.717) is 12.2 Å². The third kappa shape index (κ3) is 5.85. The number of carbonyl (C=O) groups is 3. The molecule has 7 nitrogen and oxygen atoms in total. The number of aryl methyl sites for hydroxylation is 1. The summed E-state index contributed by atoms with van der Waals surface area (Å²) < 4.78 is 10.4. The van der Waals surface area contributed by atoms with Gasteiger partial charge in [0.15, 0.2) is 11.9 Å². The second kappa shape index (κ2) is 10.4. The van der Waals surface area contributed by atoms with Gasteiger partial charge in [-0.1, -0.05) is 43.3 Å². The lowest BCUT2D eigenvalue weighted by atomic mass is 10.0. The third-order valence-electron chi connectivity index (χ3n) is 5.07. The van der Waals surface area contributed by atoms with Gasteiger partial charge in [0.25, 0.3) is 11.8 Å². The zero-order chi connectivity index (χ0) is 23.1. The first-order valence-corrected chi connectivity index (χ1v) is 10.3. The van der Waals surface area contributed by atoms with E-state index in [1.807, 2.05) is 37.3 Å². The Morgan fingerprint density at radius 2 is 1.75 bits per heavy atom. The number of benzene rings is 2. The molecule has 0 aliphatic heterocycles.